The molecule has 1 aliphatic heterocycles. The van der Waals surface area contributed by atoms with Crippen LogP contribution in [-0.4, -0.2) is 36.3 Å². The van der Waals surface area contributed by atoms with E-state index in [1.165, 1.54) is 18.2 Å². The summed E-state index contributed by atoms with van der Waals surface area (Å²) < 4.78 is 40.5. The number of carbonyl (C=O) groups is 1. The third kappa shape index (κ3) is 4.10. The van der Waals surface area contributed by atoms with Crippen LogP contribution in [0.5, 0.6) is 5.75 Å². The molecule has 1 heterocycles. The van der Waals surface area contributed by atoms with Gasteiger partial charge in [-0.15, -0.1) is 13.2 Å². The van der Waals surface area contributed by atoms with Gasteiger partial charge >= 0.3 is 6.36 Å². The van der Waals surface area contributed by atoms with Crippen molar-refractivity contribution in [3.05, 3.63) is 29.8 Å². The van der Waals surface area contributed by atoms with Crippen LogP contribution in [0.1, 0.15) is 29.6 Å². The van der Waals surface area contributed by atoms with E-state index >= 15 is 0 Å². The van der Waals surface area contributed by atoms with Crippen LogP contribution < -0.4 is 10.5 Å². The number of nitrogens with two attached hydrogens (primary N) is 1. The second kappa shape index (κ2) is 6.34. The highest BCUT2D eigenvalue weighted by molar-refractivity contribution is 5.94. The quantitative estimate of drug-likeness (QED) is 0.933. The number of hydrogen-bond donors (Lipinski definition) is 1. The Bertz CT molecular complexity index is 505. The first-order chi connectivity index (χ1) is 9.90. The van der Waals surface area contributed by atoms with Gasteiger partial charge in [-0.3, -0.25) is 4.79 Å². The monoisotopic (exact) mass is 302 g/mol. The van der Waals surface area contributed by atoms with Gasteiger partial charge in [0, 0.05) is 24.7 Å². The number of ether oxygens (including phenoxy) is 1. The van der Waals surface area contributed by atoms with Crippen molar-refractivity contribution in [1.29, 1.82) is 0 Å². The fraction of sp³-hybridized carbons (Fsp3) is 0.500. The fourth-order valence-electron chi connectivity index (χ4n) is 2.51. The van der Waals surface area contributed by atoms with E-state index in [0.717, 1.165) is 25.3 Å². The highest BCUT2D eigenvalue weighted by atomic mass is 19.4. The SMILES string of the molecule is NCC1CCCCN1C(=O)c1cccc(OC(F)(F)F)c1. The zero-order chi connectivity index (χ0) is 15.5. The predicted molar refractivity (Wildman–Crippen MR) is 70.9 cm³/mol. The molecule has 1 unspecified atom stereocenters. The van der Waals surface area contributed by atoms with Crippen molar-refractivity contribution in [2.75, 3.05) is 13.1 Å². The summed E-state index contributed by atoms with van der Waals surface area (Å²) in [5.74, 6) is -0.701. The summed E-state index contributed by atoms with van der Waals surface area (Å²) in [4.78, 5) is 14.1. The summed E-state index contributed by atoms with van der Waals surface area (Å²) >= 11 is 0. The number of likely N-dealkylation sites (tertiary alicyclic amines) is 1. The molecule has 4 nitrogen and oxygen atoms in total. The summed E-state index contributed by atoms with van der Waals surface area (Å²) in [5.41, 5.74) is 5.83. The van der Waals surface area contributed by atoms with Gasteiger partial charge in [0.15, 0.2) is 0 Å². The molecule has 0 radical (unpaired) electrons. The van der Waals surface area contributed by atoms with Crippen LogP contribution in [0.3, 0.4) is 0 Å². The Morgan fingerprint density at radius 3 is 2.81 bits per heavy atom. The Morgan fingerprint density at radius 1 is 1.38 bits per heavy atom. The number of piperidine rings is 1. The largest absolute Gasteiger partial charge is 0.573 e. The molecule has 0 bridgehead atoms. The van der Waals surface area contributed by atoms with E-state index in [1.807, 2.05) is 0 Å². The van der Waals surface area contributed by atoms with Crippen molar-refractivity contribution in [3.63, 3.8) is 0 Å². The van der Waals surface area contributed by atoms with Gasteiger partial charge in [-0.25, -0.2) is 0 Å². The van der Waals surface area contributed by atoms with Crippen LogP contribution >= 0.6 is 0 Å². The number of benzene rings is 1. The van der Waals surface area contributed by atoms with Crippen LogP contribution in [0.2, 0.25) is 0 Å². The van der Waals surface area contributed by atoms with E-state index in [9.17, 15) is 18.0 Å². The summed E-state index contributed by atoms with van der Waals surface area (Å²) in [6.07, 6.45) is -2.07. The van der Waals surface area contributed by atoms with Gasteiger partial charge in [-0.05, 0) is 37.5 Å². The van der Waals surface area contributed by atoms with Crippen LogP contribution in [0.25, 0.3) is 0 Å². The lowest BCUT2D eigenvalue weighted by Crippen LogP contribution is -2.47. The van der Waals surface area contributed by atoms with E-state index in [2.05, 4.69) is 4.74 Å². The molecule has 0 spiro atoms. The Kier molecular flexibility index (Phi) is 4.72. The molecule has 1 aromatic rings. The molecule has 1 atom stereocenters. The number of amides is 1. The van der Waals surface area contributed by atoms with Crippen molar-refractivity contribution in [3.8, 4) is 5.75 Å². The van der Waals surface area contributed by atoms with Crippen LogP contribution in [0.4, 0.5) is 13.2 Å². The molecular formula is C14H17F3N2O2. The highest BCUT2D eigenvalue weighted by Gasteiger charge is 2.32. The number of nitrogens with zero attached hydrogens (tertiary/aromatic N) is 1. The van der Waals surface area contributed by atoms with Crippen molar-refractivity contribution in [2.24, 2.45) is 5.73 Å². The molecule has 1 saturated heterocycles. The summed E-state index contributed by atoms with van der Waals surface area (Å²) in [7, 11) is 0. The van der Waals surface area contributed by atoms with E-state index in [4.69, 9.17) is 5.73 Å². The maximum absolute atomic E-state index is 12.4. The van der Waals surface area contributed by atoms with Crippen molar-refractivity contribution in [2.45, 2.75) is 31.7 Å². The Labute approximate surface area is 120 Å². The molecular weight excluding hydrogens is 285 g/mol. The molecule has 0 saturated carbocycles. The smallest absolute Gasteiger partial charge is 0.406 e. The topological polar surface area (TPSA) is 55.6 Å². The second-order valence-corrected chi connectivity index (χ2v) is 4.96. The van der Waals surface area contributed by atoms with Gasteiger partial charge in [0.05, 0.1) is 0 Å². The molecule has 2 N–H and O–H groups in total. The number of halogens is 3. The standard InChI is InChI=1S/C14H17F3N2O2/c15-14(16,17)21-12-6-3-4-10(8-12)13(20)19-7-2-1-5-11(19)9-18/h3-4,6,8,11H,1-2,5,7,9,18H2. The minimum Gasteiger partial charge on any atom is -0.406 e. The fourth-order valence-corrected chi connectivity index (χ4v) is 2.51. The van der Waals surface area contributed by atoms with Crippen molar-refractivity contribution < 1.29 is 22.7 Å². The van der Waals surface area contributed by atoms with Crippen molar-refractivity contribution in [1.82, 2.24) is 4.90 Å². The van der Waals surface area contributed by atoms with Crippen LogP contribution in [0.15, 0.2) is 24.3 Å². The first-order valence-electron chi connectivity index (χ1n) is 6.77. The average molecular weight is 302 g/mol. The molecule has 21 heavy (non-hydrogen) atoms. The molecule has 0 aliphatic carbocycles. The van der Waals surface area contributed by atoms with E-state index in [0.29, 0.717) is 13.1 Å². The minimum atomic E-state index is -4.77. The molecule has 116 valence electrons. The predicted octanol–water partition coefficient (Wildman–Crippen LogP) is 2.54. The Balaban J connectivity index is 2.17. The zero-order valence-electron chi connectivity index (χ0n) is 11.4. The molecule has 0 aromatic heterocycles. The van der Waals surface area contributed by atoms with Gasteiger partial charge in [0.25, 0.3) is 5.91 Å². The number of hydrogen-bond acceptors (Lipinski definition) is 3. The molecule has 1 amide bonds. The number of rotatable bonds is 3. The number of carbonyl (C=O) groups excluding carboxylic acids is 1. The molecule has 1 fully saturated rings. The van der Waals surface area contributed by atoms with Gasteiger partial charge < -0.3 is 15.4 Å². The highest BCUT2D eigenvalue weighted by Crippen LogP contribution is 2.25. The Morgan fingerprint density at radius 2 is 2.14 bits per heavy atom. The first-order valence-corrected chi connectivity index (χ1v) is 6.77. The van der Waals surface area contributed by atoms with E-state index in [-0.39, 0.29) is 17.5 Å². The van der Waals surface area contributed by atoms with Gasteiger partial charge in [-0.1, -0.05) is 6.07 Å². The van der Waals surface area contributed by atoms with Gasteiger partial charge in [-0.2, -0.15) is 0 Å². The number of alkyl halides is 3. The lowest BCUT2D eigenvalue weighted by molar-refractivity contribution is -0.274. The van der Waals surface area contributed by atoms with Crippen LogP contribution in [-0.2, 0) is 0 Å². The maximum Gasteiger partial charge on any atom is 0.573 e. The maximum atomic E-state index is 12.4. The molecule has 7 heteroatoms. The van der Waals surface area contributed by atoms with Crippen LogP contribution in [0, 0.1) is 0 Å². The van der Waals surface area contributed by atoms with E-state index in [1.54, 1.807) is 4.90 Å². The summed E-state index contributed by atoms with van der Waals surface area (Å²) in [6, 6.07) is 5.07. The zero-order valence-corrected chi connectivity index (χ0v) is 11.4. The summed E-state index contributed by atoms with van der Waals surface area (Å²) in [6.45, 7) is 0.926. The third-order valence-electron chi connectivity index (χ3n) is 3.47. The second-order valence-electron chi connectivity index (χ2n) is 4.96. The lowest BCUT2D eigenvalue weighted by atomic mass is 10.0. The average Bonchev–Trinajstić information content (AvgIpc) is 2.45. The van der Waals surface area contributed by atoms with E-state index < -0.39 is 12.1 Å². The molecule has 1 aliphatic rings. The normalized spacial score (nSPS) is 19.4. The van der Waals surface area contributed by atoms with Gasteiger partial charge in [0.1, 0.15) is 5.75 Å². The van der Waals surface area contributed by atoms with Gasteiger partial charge in [0.2, 0.25) is 0 Å². The lowest BCUT2D eigenvalue weighted by Gasteiger charge is -2.35. The molecule has 1 aromatic carbocycles. The third-order valence-corrected chi connectivity index (χ3v) is 3.47. The molecule has 2 rings (SSSR count). The summed E-state index contributed by atoms with van der Waals surface area (Å²) in [5, 5.41) is 0. The Hall–Kier alpha value is -1.76. The van der Waals surface area contributed by atoms with Crippen molar-refractivity contribution >= 4 is 5.91 Å². The minimum absolute atomic E-state index is 0.0570. The first kappa shape index (κ1) is 15.6.